The summed E-state index contributed by atoms with van der Waals surface area (Å²) >= 11 is 0. The first-order valence-corrected chi connectivity index (χ1v) is 5.67. The lowest BCUT2D eigenvalue weighted by Gasteiger charge is -2.29. The molecule has 5 nitrogen and oxygen atoms in total. The van der Waals surface area contributed by atoms with Gasteiger partial charge in [0.15, 0.2) is 0 Å². The molecule has 0 spiro atoms. The summed E-state index contributed by atoms with van der Waals surface area (Å²) in [4.78, 5) is 13.4. The predicted molar refractivity (Wildman–Crippen MR) is 65.9 cm³/mol. The van der Waals surface area contributed by atoms with Crippen LogP contribution in [-0.4, -0.2) is 32.2 Å². The average Bonchev–Trinajstić information content (AvgIpc) is 2.39. The van der Waals surface area contributed by atoms with Gasteiger partial charge in [0.25, 0.3) is 0 Å². The lowest BCUT2D eigenvalue weighted by atomic mass is 10.1. The molecule has 1 saturated heterocycles. The summed E-state index contributed by atoms with van der Waals surface area (Å²) < 4.78 is 5.30. The molecule has 1 heterocycles. The fourth-order valence-electron chi connectivity index (χ4n) is 1.94. The van der Waals surface area contributed by atoms with Crippen LogP contribution in [0.2, 0.25) is 0 Å². The van der Waals surface area contributed by atoms with Crippen LogP contribution in [0, 0.1) is 0 Å². The highest BCUT2D eigenvalue weighted by Crippen LogP contribution is 2.20. The summed E-state index contributed by atoms with van der Waals surface area (Å²) in [6.07, 6.45) is 0. The number of carbonyl (C=O) groups is 1. The van der Waals surface area contributed by atoms with Gasteiger partial charge in [0.05, 0.1) is 13.2 Å². The Morgan fingerprint density at radius 1 is 1.29 bits per heavy atom. The molecule has 1 aromatic carbocycles. The maximum Gasteiger partial charge on any atom is 0.248 e. The monoisotopic (exact) mass is 235 g/mol. The highest BCUT2D eigenvalue weighted by atomic mass is 16.5. The summed E-state index contributed by atoms with van der Waals surface area (Å²) in [5.41, 5.74) is 13.4. The van der Waals surface area contributed by atoms with Gasteiger partial charge in [-0.2, -0.15) is 0 Å². The van der Waals surface area contributed by atoms with Crippen molar-refractivity contribution in [2.24, 2.45) is 11.5 Å². The second-order valence-electron chi connectivity index (χ2n) is 4.06. The van der Waals surface area contributed by atoms with Crippen LogP contribution in [0.1, 0.15) is 15.9 Å². The van der Waals surface area contributed by atoms with Crippen LogP contribution in [0.25, 0.3) is 0 Å². The third-order valence-electron chi connectivity index (χ3n) is 2.87. The zero-order chi connectivity index (χ0) is 12.3. The summed E-state index contributed by atoms with van der Waals surface area (Å²) in [7, 11) is 0. The molecule has 0 aliphatic carbocycles. The fraction of sp³-hybridized carbons (Fsp3) is 0.417. The van der Waals surface area contributed by atoms with Gasteiger partial charge >= 0.3 is 0 Å². The van der Waals surface area contributed by atoms with Gasteiger partial charge in [0.2, 0.25) is 5.91 Å². The quantitative estimate of drug-likeness (QED) is 0.777. The van der Waals surface area contributed by atoms with E-state index in [1.807, 2.05) is 12.1 Å². The third kappa shape index (κ3) is 2.75. The van der Waals surface area contributed by atoms with Crippen molar-refractivity contribution >= 4 is 11.6 Å². The second-order valence-corrected chi connectivity index (χ2v) is 4.06. The maximum absolute atomic E-state index is 11.2. The molecular formula is C12H17N3O2. The van der Waals surface area contributed by atoms with Gasteiger partial charge in [-0.15, -0.1) is 0 Å². The third-order valence-corrected chi connectivity index (χ3v) is 2.87. The Kier molecular flexibility index (Phi) is 3.61. The van der Waals surface area contributed by atoms with Crippen LogP contribution in [-0.2, 0) is 11.3 Å². The molecule has 5 heteroatoms. The van der Waals surface area contributed by atoms with E-state index in [0.29, 0.717) is 25.3 Å². The first-order valence-electron chi connectivity index (χ1n) is 5.67. The summed E-state index contributed by atoms with van der Waals surface area (Å²) in [6.45, 7) is 3.47. The number of amides is 1. The molecule has 0 radical (unpaired) electrons. The van der Waals surface area contributed by atoms with Crippen molar-refractivity contribution in [1.29, 1.82) is 0 Å². The Bertz CT molecular complexity index is 414. The minimum Gasteiger partial charge on any atom is -0.378 e. The molecular weight excluding hydrogens is 218 g/mol. The molecule has 92 valence electrons. The standard InChI is InChI=1S/C12H17N3O2/c13-8-9-5-10(12(14)16)7-11(6-9)15-1-3-17-4-2-15/h5-7H,1-4,8,13H2,(H2,14,16). The van der Waals surface area contributed by atoms with Crippen molar-refractivity contribution in [2.75, 3.05) is 31.2 Å². The zero-order valence-corrected chi connectivity index (χ0v) is 9.69. The summed E-state index contributed by atoms with van der Waals surface area (Å²) in [6, 6.07) is 5.55. The Labute approximate surface area is 100 Å². The molecule has 1 aromatic rings. The van der Waals surface area contributed by atoms with Crippen LogP contribution in [0.4, 0.5) is 5.69 Å². The first-order chi connectivity index (χ1) is 8.20. The molecule has 0 unspecified atom stereocenters. The number of hydrogen-bond donors (Lipinski definition) is 2. The number of benzene rings is 1. The van der Waals surface area contributed by atoms with Crippen LogP contribution < -0.4 is 16.4 Å². The topological polar surface area (TPSA) is 81.6 Å². The maximum atomic E-state index is 11.2. The summed E-state index contributed by atoms with van der Waals surface area (Å²) in [5.74, 6) is -0.421. The lowest BCUT2D eigenvalue weighted by Crippen LogP contribution is -2.36. The van der Waals surface area contributed by atoms with E-state index in [-0.39, 0.29) is 0 Å². The lowest BCUT2D eigenvalue weighted by molar-refractivity contribution is 0.1000. The molecule has 1 aliphatic heterocycles. The van der Waals surface area contributed by atoms with Crippen molar-refractivity contribution in [3.63, 3.8) is 0 Å². The molecule has 1 fully saturated rings. The minimum atomic E-state index is -0.421. The van der Waals surface area contributed by atoms with E-state index in [1.165, 1.54) is 0 Å². The van der Waals surface area contributed by atoms with E-state index in [1.54, 1.807) is 6.07 Å². The minimum absolute atomic E-state index is 0.401. The molecule has 1 aliphatic rings. The van der Waals surface area contributed by atoms with Crippen LogP contribution in [0.3, 0.4) is 0 Å². The predicted octanol–water partition coefficient (Wildman–Crippen LogP) is 0.0808. The van der Waals surface area contributed by atoms with Gasteiger partial charge < -0.3 is 21.1 Å². The molecule has 0 atom stereocenters. The van der Waals surface area contributed by atoms with Crippen LogP contribution >= 0.6 is 0 Å². The van der Waals surface area contributed by atoms with E-state index in [2.05, 4.69) is 4.90 Å². The van der Waals surface area contributed by atoms with E-state index >= 15 is 0 Å². The number of nitrogens with zero attached hydrogens (tertiary/aromatic N) is 1. The number of morpholine rings is 1. The average molecular weight is 235 g/mol. The Morgan fingerprint density at radius 3 is 2.59 bits per heavy atom. The smallest absolute Gasteiger partial charge is 0.248 e. The molecule has 1 amide bonds. The number of anilines is 1. The van der Waals surface area contributed by atoms with E-state index in [0.717, 1.165) is 24.3 Å². The number of hydrogen-bond acceptors (Lipinski definition) is 4. The van der Waals surface area contributed by atoms with Gasteiger partial charge in [-0.25, -0.2) is 0 Å². The molecule has 17 heavy (non-hydrogen) atoms. The highest BCUT2D eigenvalue weighted by molar-refractivity contribution is 5.94. The van der Waals surface area contributed by atoms with Gasteiger partial charge in [-0.3, -0.25) is 4.79 Å². The molecule has 0 bridgehead atoms. The van der Waals surface area contributed by atoms with Crippen LogP contribution in [0.15, 0.2) is 18.2 Å². The fourth-order valence-corrected chi connectivity index (χ4v) is 1.94. The molecule has 2 rings (SSSR count). The van der Waals surface area contributed by atoms with Gasteiger partial charge in [-0.05, 0) is 23.8 Å². The normalized spacial score (nSPS) is 15.9. The highest BCUT2D eigenvalue weighted by Gasteiger charge is 2.13. The van der Waals surface area contributed by atoms with Crippen LogP contribution in [0.5, 0.6) is 0 Å². The van der Waals surface area contributed by atoms with Gasteiger partial charge in [0, 0.05) is 30.9 Å². The van der Waals surface area contributed by atoms with Crippen molar-refractivity contribution in [1.82, 2.24) is 0 Å². The summed E-state index contributed by atoms with van der Waals surface area (Å²) in [5, 5.41) is 0. The van der Waals surface area contributed by atoms with Crippen molar-refractivity contribution < 1.29 is 9.53 Å². The van der Waals surface area contributed by atoms with E-state index in [9.17, 15) is 4.79 Å². The molecule has 0 aromatic heterocycles. The van der Waals surface area contributed by atoms with Gasteiger partial charge in [0.1, 0.15) is 0 Å². The molecule has 4 N–H and O–H groups in total. The first kappa shape index (κ1) is 11.9. The second kappa shape index (κ2) is 5.16. The van der Waals surface area contributed by atoms with E-state index in [4.69, 9.17) is 16.2 Å². The van der Waals surface area contributed by atoms with E-state index < -0.39 is 5.91 Å². The Morgan fingerprint density at radius 2 is 2.00 bits per heavy atom. The number of primary amides is 1. The van der Waals surface area contributed by atoms with Crippen molar-refractivity contribution in [2.45, 2.75) is 6.54 Å². The number of ether oxygens (including phenoxy) is 1. The van der Waals surface area contributed by atoms with Crippen molar-refractivity contribution in [3.8, 4) is 0 Å². The largest absolute Gasteiger partial charge is 0.378 e. The number of rotatable bonds is 3. The SMILES string of the molecule is NCc1cc(C(N)=O)cc(N2CCOCC2)c1. The Balaban J connectivity index is 2.31. The number of nitrogens with two attached hydrogens (primary N) is 2. The Hall–Kier alpha value is -1.59. The molecule has 0 saturated carbocycles. The van der Waals surface area contributed by atoms with Gasteiger partial charge in [-0.1, -0.05) is 0 Å². The zero-order valence-electron chi connectivity index (χ0n) is 9.69. The number of carbonyl (C=O) groups excluding carboxylic acids is 1. The van der Waals surface area contributed by atoms with Crippen molar-refractivity contribution in [3.05, 3.63) is 29.3 Å².